The summed E-state index contributed by atoms with van der Waals surface area (Å²) in [6, 6.07) is 13.3. The molecule has 0 unspecified atom stereocenters. The van der Waals surface area contributed by atoms with Crippen LogP contribution in [0.4, 0.5) is 0 Å². The second-order valence-electron chi connectivity index (χ2n) is 5.89. The summed E-state index contributed by atoms with van der Waals surface area (Å²) in [4.78, 5) is 6.36. The standard InChI is InChI=1S/C20H27N3O3.HI/c1-21-20(23(2)14-16-7-5-6-8-19(16)26-4)22-12-11-15-9-10-17(25-3)13-18(15)24;/h5-10,13,24H,11-12,14H2,1-4H3,(H,21,22);1H. The van der Waals surface area contributed by atoms with Gasteiger partial charge < -0.3 is 24.8 Å². The summed E-state index contributed by atoms with van der Waals surface area (Å²) < 4.78 is 10.5. The summed E-state index contributed by atoms with van der Waals surface area (Å²) in [5.41, 5.74) is 1.95. The second kappa shape index (κ2) is 11.5. The van der Waals surface area contributed by atoms with Crippen LogP contribution >= 0.6 is 24.0 Å². The molecule has 0 aliphatic rings. The van der Waals surface area contributed by atoms with E-state index in [0.717, 1.165) is 22.8 Å². The molecule has 6 nitrogen and oxygen atoms in total. The molecule has 0 radical (unpaired) electrons. The molecule has 0 atom stereocenters. The van der Waals surface area contributed by atoms with Crippen LogP contribution in [0.1, 0.15) is 11.1 Å². The van der Waals surface area contributed by atoms with E-state index in [0.29, 0.717) is 25.3 Å². The topological polar surface area (TPSA) is 66.3 Å². The van der Waals surface area contributed by atoms with Gasteiger partial charge in [-0.05, 0) is 24.1 Å². The highest BCUT2D eigenvalue weighted by Gasteiger charge is 2.10. The maximum Gasteiger partial charge on any atom is 0.193 e. The molecule has 0 aliphatic carbocycles. The molecule has 27 heavy (non-hydrogen) atoms. The summed E-state index contributed by atoms with van der Waals surface area (Å²) in [5.74, 6) is 2.52. The summed E-state index contributed by atoms with van der Waals surface area (Å²) in [5, 5.41) is 13.4. The van der Waals surface area contributed by atoms with Crippen molar-refractivity contribution in [1.82, 2.24) is 10.2 Å². The Morgan fingerprint density at radius 1 is 1.11 bits per heavy atom. The first-order chi connectivity index (χ1) is 12.6. The van der Waals surface area contributed by atoms with Gasteiger partial charge in [0.15, 0.2) is 5.96 Å². The van der Waals surface area contributed by atoms with Gasteiger partial charge in [-0.15, -0.1) is 24.0 Å². The van der Waals surface area contributed by atoms with Crippen molar-refractivity contribution in [2.75, 3.05) is 34.9 Å². The fourth-order valence-corrected chi connectivity index (χ4v) is 2.74. The highest BCUT2D eigenvalue weighted by Crippen LogP contribution is 2.23. The third kappa shape index (κ3) is 6.50. The van der Waals surface area contributed by atoms with E-state index in [9.17, 15) is 5.11 Å². The van der Waals surface area contributed by atoms with E-state index in [4.69, 9.17) is 9.47 Å². The molecular formula is C20H28IN3O3. The number of methoxy groups -OCH3 is 2. The van der Waals surface area contributed by atoms with E-state index in [2.05, 4.69) is 10.3 Å². The molecule has 2 N–H and O–H groups in total. The van der Waals surface area contributed by atoms with Crippen molar-refractivity contribution in [3.05, 3.63) is 53.6 Å². The van der Waals surface area contributed by atoms with Gasteiger partial charge in [-0.2, -0.15) is 0 Å². The Labute approximate surface area is 178 Å². The van der Waals surface area contributed by atoms with E-state index in [1.807, 2.05) is 48.3 Å². The number of nitrogens with one attached hydrogen (secondary N) is 1. The zero-order valence-corrected chi connectivity index (χ0v) is 18.6. The fourth-order valence-electron chi connectivity index (χ4n) is 2.74. The first-order valence-corrected chi connectivity index (χ1v) is 8.48. The third-order valence-corrected chi connectivity index (χ3v) is 4.14. The number of aliphatic imine (C=N–C) groups is 1. The lowest BCUT2D eigenvalue weighted by atomic mass is 10.1. The molecule has 7 heteroatoms. The zero-order chi connectivity index (χ0) is 18.9. The van der Waals surface area contributed by atoms with Gasteiger partial charge in [0.1, 0.15) is 17.2 Å². The van der Waals surface area contributed by atoms with Gasteiger partial charge in [0.05, 0.1) is 14.2 Å². The van der Waals surface area contributed by atoms with Gasteiger partial charge in [-0.25, -0.2) is 0 Å². The number of ether oxygens (including phenoxy) is 2. The van der Waals surface area contributed by atoms with Gasteiger partial charge in [0, 0.05) is 38.8 Å². The van der Waals surface area contributed by atoms with Gasteiger partial charge in [-0.3, -0.25) is 4.99 Å². The molecule has 0 heterocycles. The number of rotatable bonds is 7. The van der Waals surface area contributed by atoms with Crippen LogP contribution in [0.5, 0.6) is 17.2 Å². The number of halogens is 1. The van der Waals surface area contributed by atoms with Crippen LogP contribution in [0.15, 0.2) is 47.5 Å². The summed E-state index contributed by atoms with van der Waals surface area (Å²) in [6.45, 7) is 1.33. The minimum absolute atomic E-state index is 0. The number of phenolic OH excluding ortho intramolecular Hbond substituents is 1. The second-order valence-corrected chi connectivity index (χ2v) is 5.89. The quantitative estimate of drug-likeness (QED) is 0.358. The van der Waals surface area contributed by atoms with Gasteiger partial charge in [-0.1, -0.05) is 24.3 Å². The van der Waals surface area contributed by atoms with Crippen LogP contribution in [-0.4, -0.2) is 50.8 Å². The van der Waals surface area contributed by atoms with Crippen LogP contribution in [0.3, 0.4) is 0 Å². The normalized spacial score (nSPS) is 10.7. The van der Waals surface area contributed by atoms with Crippen molar-refractivity contribution in [2.45, 2.75) is 13.0 Å². The molecular weight excluding hydrogens is 457 g/mol. The van der Waals surface area contributed by atoms with Crippen molar-refractivity contribution in [3.8, 4) is 17.2 Å². The first kappa shape index (κ1) is 22.9. The molecule has 148 valence electrons. The maximum atomic E-state index is 10.0. The molecule has 0 bridgehead atoms. The zero-order valence-electron chi connectivity index (χ0n) is 16.2. The Kier molecular flexibility index (Phi) is 9.77. The Morgan fingerprint density at radius 3 is 2.48 bits per heavy atom. The molecule has 0 saturated carbocycles. The Morgan fingerprint density at radius 2 is 1.85 bits per heavy atom. The molecule has 0 spiro atoms. The average Bonchev–Trinajstić information content (AvgIpc) is 2.66. The smallest absolute Gasteiger partial charge is 0.193 e. The highest BCUT2D eigenvalue weighted by molar-refractivity contribution is 14.0. The lowest BCUT2D eigenvalue weighted by Crippen LogP contribution is -2.39. The maximum absolute atomic E-state index is 10.0. The van der Waals surface area contributed by atoms with Crippen LogP contribution in [0.25, 0.3) is 0 Å². The number of hydrogen-bond donors (Lipinski definition) is 2. The van der Waals surface area contributed by atoms with E-state index >= 15 is 0 Å². The number of benzene rings is 2. The van der Waals surface area contributed by atoms with Crippen molar-refractivity contribution in [2.24, 2.45) is 4.99 Å². The number of guanidine groups is 1. The Balaban J connectivity index is 0.00000364. The van der Waals surface area contributed by atoms with Crippen molar-refractivity contribution < 1.29 is 14.6 Å². The minimum atomic E-state index is 0. The van der Waals surface area contributed by atoms with Crippen LogP contribution in [-0.2, 0) is 13.0 Å². The van der Waals surface area contributed by atoms with Crippen LogP contribution in [0, 0.1) is 0 Å². The monoisotopic (exact) mass is 485 g/mol. The SMILES string of the molecule is CN=C(NCCc1ccc(OC)cc1O)N(C)Cc1ccccc1OC.I. The third-order valence-electron chi connectivity index (χ3n) is 4.14. The van der Waals surface area contributed by atoms with Crippen LogP contribution < -0.4 is 14.8 Å². The number of phenols is 1. The molecule has 0 aromatic heterocycles. The Hall–Kier alpha value is -2.16. The van der Waals surface area contributed by atoms with Gasteiger partial charge in [0.2, 0.25) is 0 Å². The van der Waals surface area contributed by atoms with Crippen LogP contribution in [0.2, 0.25) is 0 Å². The van der Waals surface area contributed by atoms with Crippen molar-refractivity contribution in [1.29, 1.82) is 0 Å². The molecule has 0 fully saturated rings. The van der Waals surface area contributed by atoms with Gasteiger partial charge >= 0.3 is 0 Å². The number of aromatic hydroxyl groups is 1. The average molecular weight is 485 g/mol. The van der Waals surface area contributed by atoms with E-state index in [1.54, 1.807) is 27.3 Å². The predicted molar refractivity (Wildman–Crippen MR) is 120 cm³/mol. The lowest BCUT2D eigenvalue weighted by molar-refractivity contribution is 0.396. The molecule has 2 aromatic rings. The minimum Gasteiger partial charge on any atom is -0.508 e. The Bertz CT molecular complexity index is 753. The van der Waals surface area contributed by atoms with Crippen molar-refractivity contribution >= 4 is 29.9 Å². The lowest BCUT2D eigenvalue weighted by Gasteiger charge is -2.23. The summed E-state index contributed by atoms with van der Waals surface area (Å²) in [7, 11) is 6.99. The number of hydrogen-bond acceptors (Lipinski definition) is 4. The summed E-state index contributed by atoms with van der Waals surface area (Å²) >= 11 is 0. The highest BCUT2D eigenvalue weighted by atomic mass is 127. The molecule has 2 rings (SSSR count). The first-order valence-electron chi connectivity index (χ1n) is 8.48. The van der Waals surface area contributed by atoms with Gasteiger partial charge in [0.25, 0.3) is 0 Å². The van der Waals surface area contributed by atoms with Crippen molar-refractivity contribution in [3.63, 3.8) is 0 Å². The molecule has 0 saturated heterocycles. The number of nitrogens with zero attached hydrogens (tertiary/aromatic N) is 2. The fraction of sp³-hybridized carbons (Fsp3) is 0.350. The van der Waals surface area contributed by atoms with E-state index in [-0.39, 0.29) is 29.7 Å². The largest absolute Gasteiger partial charge is 0.508 e. The molecule has 0 aliphatic heterocycles. The van der Waals surface area contributed by atoms with E-state index in [1.165, 1.54) is 0 Å². The molecule has 0 amide bonds. The summed E-state index contributed by atoms with van der Waals surface area (Å²) in [6.07, 6.45) is 0.678. The number of para-hydroxylation sites is 1. The molecule has 2 aromatic carbocycles. The van der Waals surface area contributed by atoms with E-state index < -0.39 is 0 Å². The predicted octanol–water partition coefficient (Wildman–Crippen LogP) is 3.28.